The van der Waals surface area contributed by atoms with Crippen LogP contribution in [-0.4, -0.2) is 25.3 Å². The van der Waals surface area contributed by atoms with Crippen LogP contribution in [0.4, 0.5) is 5.69 Å². The summed E-state index contributed by atoms with van der Waals surface area (Å²) < 4.78 is 5.96. The van der Waals surface area contributed by atoms with Gasteiger partial charge in [0.05, 0.1) is 12.2 Å². The van der Waals surface area contributed by atoms with Crippen LogP contribution in [0.3, 0.4) is 0 Å². The Morgan fingerprint density at radius 1 is 1.25 bits per heavy atom. The number of hydrogen-bond donors (Lipinski definition) is 0. The number of rotatable bonds is 8. The van der Waals surface area contributed by atoms with E-state index in [2.05, 4.69) is 64.3 Å². The van der Waals surface area contributed by atoms with Gasteiger partial charge in [-0.3, -0.25) is 0 Å². The van der Waals surface area contributed by atoms with Gasteiger partial charge in [0.1, 0.15) is 0 Å². The molecule has 0 fully saturated rings. The van der Waals surface area contributed by atoms with Gasteiger partial charge in [0.25, 0.3) is 0 Å². The maximum absolute atomic E-state index is 5.96. The van der Waals surface area contributed by atoms with Gasteiger partial charge in [0.15, 0.2) is 0 Å². The first kappa shape index (κ1) is 16.8. The molecular weight excluding hydrogens is 246 g/mol. The molecule has 0 aliphatic rings. The zero-order valence-electron chi connectivity index (χ0n) is 13.7. The van der Waals surface area contributed by atoms with Gasteiger partial charge in [0, 0.05) is 18.8 Å². The van der Waals surface area contributed by atoms with Crippen molar-refractivity contribution in [1.29, 1.82) is 0 Å². The van der Waals surface area contributed by atoms with Crippen molar-refractivity contribution in [3.8, 4) is 0 Å². The summed E-state index contributed by atoms with van der Waals surface area (Å²) in [5, 5.41) is 0. The molecule has 0 N–H and O–H groups in total. The number of ether oxygens (including phenoxy) is 1. The highest BCUT2D eigenvalue weighted by Crippen LogP contribution is 2.19. The van der Waals surface area contributed by atoms with E-state index in [0.717, 1.165) is 26.1 Å². The molecule has 0 aliphatic heterocycles. The summed E-state index contributed by atoms with van der Waals surface area (Å²) in [6, 6.07) is 6.64. The lowest BCUT2D eigenvalue weighted by Gasteiger charge is -2.28. The summed E-state index contributed by atoms with van der Waals surface area (Å²) in [5.41, 5.74) is 3.84. The SMILES string of the molecule is C=CCC(C)(C)OCCN(CC)c1ccc(C)c(C)c1. The topological polar surface area (TPSA) is 12.5 Å². The van der Waals surface area contributed by atoms with Gasteiger partial charge < -0.3 is 9.64 Å². The smallest absolute Gasteiger partial charge is 0.0661 e. The van der Waals surface area contributed by atoms with Crippen LogP contribution in [0.25, 0.3) is 0 Å². The number of nitrogens with zero attached hydrogens (tertiary/aromatic N) is 1. The first-order valence-corrected chi connectivity index (χ1v) is 7.46. The first-order chi connectivity index (χ1) is 9.39. The second-order valence-corrected chi connectivity index (χ2v) is 5.95. The normalized spacial score (nSPS) is 11.4. The molecule has 1 rings (SSSR count). The van der Waals surface area contributed by atoms with Gasteiger partial charge in [-0.15, -0.1) is 6.58 Å². The molecule has 0 saturated heterocycles. The predicted octanol–water partition coefficient (Wildman–Crippen LogP) is 4.50. The number of hydrogen-bond acceptors (Lipinski definition) is 2. The van der Waals surface area contributed by atoms with E-state index < -0.39 is 0 Å². The Balaban J connectivity index is 2.59. The third-order valence-corrected chi connectivity index (χ3v) is 3.73. The Labute approximate surface area is 124 Å². The molecule has 0 unspecified atom stereocenters. The Bertz CT molecular complexity index is 437. The van der Waals surface area contributed by atoms with E-state index in [-0.39, 0.29) is 5.60 Å². The largest absolute Gasteiger partial charge is 0.373 e. The van der Waals surface area contributed by atoms with Crippen molar-refractivity contribution in [1.82, 2.24) is 0 Å². The van der Waals surface area contributed by atoms with Crippen LogP contribution in [-0.2, 0) is 4.74 Å². The van der Waals surface area contributed by atoms with Gasteiger partial charge in [-0.2, -0.15) is 0 Å². The van der Waals surface area contributed by atoms with Crippen molar-refractivity contribution in [2.75, 3.05) is 24.6 Å². The summed E-state index contributed by atoms with van der Waals surface area (Å²) >= 11 is 0. The molecule has 0 spiro atoms. The fourth-order valence-corrected chi connectivity index (χ4v) is 2.23. The van der Waals surface area contributed by atoms with Crippen LogP contribution in [0.15, 0.2) is 30.9 Å². The molecule has 0 radical (unpaired) electrons. The fraction of sp³-hybridized carbons (Fsp3) is 0.556. The molecule has 0 amide bonds. The highest BCUT2D eigenvalue weighted by atomic mass is 16.5. The molecule has 112 valence electrons. The summed E-state index contributed by atoms with van der Waals surface area (Å²) in [6.45, 7) is 17.1. The van der Waals surface area contributed by atoms with E-state index in [1.54, 1.807) is 0 Å². The van der Waals surface area contributed by atoms with Crippen LogP contribution in [0, 0.1) is 13.8 Å². The lowest BCUT2D eigenvalue weighted by molar-refractivity contribution is -0.0109. The van der Waals surface area contributed by atoms with Crippen molar-refractivity contribution in [2.24, 2.45) is 0 Å². The maximum atomic E-state index is 5.96. The van der Waals surface area contributed by atoms with E-state index in [1.807, 2.05) is 6.08 Å². The molecule has 2 heteroatoms. The van der Waals surface area contributed by atoms with E-state index in [1.165, 1.54) is 16.8 Å². The van der Waals surface area contributed by atoms with Gasteiger partial charge in [-0.25, -0.2) is 0 Å². The second kappa shape index (κ2) is 7.49. The van der Waals surface area contributed by atoms with Crippen molar-refractivity contribution in [2.45, 2.75) is 46.6 Å². The van der Waals surface area contributed by atoms with E-state index >= 15 is 0 Å². The lowest BCUT2D eigenvalue weighted by Crippen LogP contribution is -2.32. The van der Waals surface area contributed by atoms with E-state index in [4.69, 9.17) is 4.74 Å². The van der Waals surface area contributed by atoms with Crippen molar-refractivity contribution >= 4 is 5.69 Å². The summed E-state index contributed by atoms with van der Waals surface area (Å²) in [6.07, 6.45) is 2.80. The Morgan fingerprint density at radius 2 is 1.95 bits per heavy atom. The third-order valence-electron chi connectivity index (χ3n) is 3.73. The molecule has 20 heavy (non-hydrogen) atoms. The quantitative estimate of drug-likeness (QED) is 0.648. The molecule has 2 nitrogen and oxygen atoms in total. The van der Waals surface area contributed by atoms with Crippen molar-refractivity contribution in [3.05, 3.63) is 42.0 Å². The molecule has 0 atom stereocenters. The van der Waals surface area contributed by atoms with Gasteiger partial charge >= 0.3 is 0 Å². The Morgan fingerprint density at radius 3 is 2.50 bits per heavy atom. The minimum atomic E-state index is -0.121. The number of anilines is 1. The van der Waals surface area contributed by atoms with Crippen molar-refractivity contribution < 1.29 is 4.74 Å². The zero-order chi connectivity index (χ0) is 15.2. The lowest BCUT2D eigenvalue weighted by atomic mass is 10.1. The van der Waals surface area contributed by atoms with E-state index in [9.17, 15) is 0 Å². The van der Waals surface area contributed by atoms with E-state index in [0.29, 0.717) is 0 Å². The standard InChI is InChI=1S/C18H29NO/c1-7-11-18(5,6)20-13-12-19(8-2)17-10-9-15(3)16(4)14-17/h7,9-10,14H,1,8,11-13H2,2-6H3. The zero-order valence-corrected chi connectivity index (χ0v) is 13.7. The Hall–Kier alpha value is -1.28. The molecule has 0 saturated carbocycles. The monoisotopic (exact) mass is 275 g/mol. The first-order valence-electron chi connectivity index (χ1n) is 7.46. The summed E-state index contributed by atoms with van der Waals surface area (Å²) in [4.78, 5) is 2.36. The molecule has 0 heterocycles. The molecular formula is C18H29NO. The van der Waals surface area contributed by atoms with Crippen LogP contribution < -0.4 is 4.90 Å². The van der Waals surface area contributed by atoms with Crippen LogP contribution >= 0.6 is 0 Å². The maximum Gasteiger partial charge on any atom is 0.0661 e. The minimum absolute atomic E-state index is 0.121. The van der Waals surface area contributed by atoms with Crippen LogP contribution in [0.2, 0.25) is 0 Å². The molecule has 0 bridgehead atoms. The van der Waals surface area contributed by atoms with Gasteiger partial charge in [0.2, 0.25) is 0 Å². The molecule has 1 aromatic rings. The number of benzene rings is 1. The number of aryl methyl sites for hydroxylation is 2. The number of likely N-dealkylation sites (N-methyl/N-ethyl adjacent to an activating group) is 1. The predicted molar refractivity (Wildman–Crippen MR) is 88.6 cm³/mol. The highest BCUT2D eigenvalue weighted by molar-refractivity contribution is 5.50. The van der Waals surface area contributed by atoms with Crippen LogP contribution in [0.1, 0.15) is 38.3 Å². The minimum Gasteiger partial charge on any atom is -0.373 e. The van der Waals surface area contributed by atoms with Gasteiger partial charge in [-0.1, -0.05) is 12.1 Å². The Kier molecular flexibility index (Phi) is 6.28. The average Bonchev–Trinajstić information content (AvgIpc) is 2.38. The van der Waals surface area contributed by atoms with Crippen LogP contribution in [0.5, 0.6) is 0 Å². The fourth-order valence-electron chi connectivity index (χ4n) is 2.23. The third kappa shape index (κ3) is 5.01. The summed E-state index contributed by atoms with van der Waals surface area (Å²) in [7, 11) is 0. The highest BCUT2D eigenvalue weighted by Gasteiger charge is 2.16. The molecule has 1 aromatic carbocycles. The summed E-state index contributed by atoms with van der Waals surface area (Å²) in [5.74, 6) is 0. The average molecular weight is 275 g/mol. The van der Waals surface area contributed by atoms with Gasteiger partial charge in [-0.05, 0) is 64.3 Å². The molecule has 0 aliphatic carbocycles. The second-order valence-electron chi connectivity index (χ2n) is 5.95. The van der Waals surface area contributed by atoms with Crippen molar-refractivity contribution in [3.63, 3.8) is 0 Å². The molecule has 0 aromatic heterocycles.